The van der Waals surface area contributed by atoms with Gasteiger partial charge in [0.05, 0.1) is 18.2 Å². The molecule has 3 N–H and O–H groups in total. The van der Waals surface area contributed by atoms with Crippen LogP contribution in [-0.2, 0) is 4.74 Å². The van der Waals surface area contributed by atoms with Gasteiger partial charge in [0.15, 0.2) is 0 Å². The molecule has 2 aromatic rings. The van der Waals surface area contributed by atoms with Gasteiger partial charge in [-0.25, -0.2) is 14.8 Å². The number of nitrogens with two attached hydrogens (primary N) is 1. The molecule has 0 saturated heterocycles. The van der Waals surface area contributed by atoms with Crippen LogP contribution in [-0.4, -0.2) is 35.8 Å². The van der Waals surface area contributed by atoms with Gasteiger partial charge in [-0.3, -0.25) is 0 Å². The summed E-state index contributed by atoms with van der Waals surface area (Å²) >= 11 is 0.932. The zero-order valence-electron chi connectivity index (χ0n) is 10.1. The van der Waals surface area contributed by atoms with E-state index in [-0.39, 0.29) is 21.8 Å². The predicted molar refractivity (Wildman–Crippen MR) is 67.7 cm³/mol. The maximum Gasteiger partial charge on any atom is 0.405 e. The quantitative estimate of drug-likeness (QED) is 0.843. The molecule has 0 bridgehead atoms. The number of thiophene rings is 1. The molecule has 2 aromatic heterocycles. The first-order valence-electron chi connectivity index (χ1n) is 5.25. The lowest BCUT2D eigenvalue weighted by molar-refractivity contribution is -0.115. The lowest BCUT2D eigenvalue weighted by Gasteiger charge is -2.09. The van der Waals surface area contributed by atoms with Gasteiger partial charge in [-0.2, -0.15) is 13.2 Å². The van der Waals surface area contributed by atoms with Crippen molar-refractivity contribution in [2.45, 2.75) is 6.18 Å². The molecule has 0 saturated carbocycles. The number of hydrogen-bond donors (Lipinski definition) is 2. The lowest BCUT2D eigenvalue weighted by atomic mass is 10.3. The van der Waals surface area contributed by atoms with Crippen LogP contribution in [0.2, 0.25) is 0 Å². The van der Waals surface area contributed by atoms with Crippen LogP contribution in [0.5, 0.6) is 0 Å². The first kappa shape index (κ1) is 14.3. The van der Waals surface area contributed by atoms with E-state index in [9.17, 15) is 18.0 Å². The van der Waals surface area contributed by atoms with Gasteiger partial charge in [-0.05, 0) is 0 Å². The number of alkyl halides is 3. The molecule has 2 rings (SSSR count). The largest absolute Gasteiger partial charge is 0.465 e. The summed E-state index contributed by atoms with van der Waals surface area (Å²) in [6.45, 7) is -1.26. The molecule has 0 aliphatic carbocycles. The average Bonchev–Trinajstić information content (AvgIpc) is 2.73. The molecule has 0 unspecified atom stereocenters. The fourth-order valence-electron chi connectivity index (χ4n) is 1.52. The number of nitrogens with one attached hydrogen (secondary N) is 1. The highest BCUT2D eigenvalue weighted by Gasteiger charge is 2.28. The number of methoxy groups -OCH3 is 1. The van der Waals surface area contributed by atoms with Crippen molar-refractivity contribution in [1.29, 1.82) is 0 Å². The average molecular weight is 306 g/mol. The predicted octanol–water partition coefficient (Wildman–Crippen LogP) is 2.03. The van der Waals surface area contributed by atoms with Gasteiger partial charge in [0.2, 0.25) is 0 Å². The van der Waals surface area contributed by atoms with Crippen LogP contribution in [0.1, 0.15) is 9.67 Å². The van der Waals surface area contributed by atoms with E-state index in [4.69, 9.17) is 5.73 Å². The summed E-state index contributed by atoms with van der Waals surface area (Å²) in [6.07, 6.45) is -3.30. The van der Waals surface area contributed by atoms with Crippen LogP contribution in [0, 0.1) is 0 Å². The zero-order valence-corrected chi connectivity index (χ0v) is 10.9. The fourth-order valence-corrected chi connectivity index (χ4v) is 2.50. The topological polar surface area (TPSA) is 90.1 Å². The van der Waals surface area contributed by atoms with Crippen molar-refractivity contribution in [1.82, 2.24) is 9.97 Å². The number of aromatic nitrogens is 2. The Morgan fingerprint density at radius 3 is 2.80 bits per heavy atom. The third kappa shape index (κ3) is 2.74. The molecule has 6 nitrogen and oxygen atoms in total. The first-order valence-corrected chi connectivity index (χ1v) is 6.07. The Morgan fingerprint density at radius 2 is 2.20 bits per heavy atom. The zero-order chi connectivity index (χ0) is 14.9. The number of carbonyl (C=O) groups excluding carboxylic acids is 1. The third-order valence-electron chi connectivity index (χ3n) is 2.35. The smallest absolute Gasteiger partial charge is 0.405 e. The second-order valence-corrected chi connectivity index (χ2v) is 4.71. The first-order chi connectivity index (χ1) is 9.33. The molecular formula is C10H9F3N4O2S. The van der Waals surface area contributed by atoms with Crippen LogP contribution in [0.3, 0.4) is 0 Å². The number of esters is 1. The van der Waals surface area contributed by atoms with Gasteiger partial charge < -0.3 is 15.8 Å². The minimum Gasteiger partial charge on any atom is -0.465 e. The van der Waals surface area contributed by atoms with E-state index in [0.29, 0.717) is 4.83 Å². The Hall–Kier alpha value is -2.10. The second kappa shape index (κ2) is 5.12. The number of hydrogen-bond acceptors (Lipinski definition) is 7. The molecule has 0 amide bonds. The van der Waals surface area contributed by atoms with Gasteiger partial charge in [-0.1, -0.05) is 0 Å². The molecule has 2 heterocycles. The number of rotatable bonds is 3. The van der Waals surface area contributed by atoms with Crippen LogP contribution in [0.25, 0.3) is 10.2 Å². The summed E-state index contributed by atoms with van der Waals surface area (Å²) in [5.41, 5.74) is 5.77. The third-order valence-corrected chi connectivity index (χ3v) is 3.45. The number of nitrogen functional groups attached to an aromatic ring is 1. The number of fused-ring (bicyclic) bond motifs is 1. The summed E-state index contributed by atoms with van der Waals surface area (Å²) in [5.74, 6) is -0.747. The molecule has 108 valence electrons. The van der Waals surface area contributed by atoms with E-state index in [1.54, 1.807) is 0 Å². The van der Waals surface area contributed by atoms with Gasteiger partial charge in [0.25, 0.3) is 0 Å². The van der Waals surface area contributed by atoms with Crippen LogP contribution in [0.4, 0.5) is 24.7 Å². The standard InChI is InChI=1S/C10H9F3N4O2S/c1-19-9(18)6-5(14)4-7(15-2-10(11,12)13)16-3-17-8(4)20-6/h3H,2,14H2,1H3,(H,15,16,17). The van der Waals surface area contributed by atoms with Crippen molar-refractivity contribution in [3.8, 4) is 0 Å². The van der Waals surface area contributed by atoms with Crippen LogP contribution >= 0.6 is 11.3 Å². The molecule has 0 aliphatic heterocycles. The van der Waals surface area contributed by atoms with E-state index >= 15 is 0 Å². The molecule has 0 atom stereocenters. The fraction of sp³-hybridized carbons (Fsp3) is 0.300. The molecule has 0 aliphatic rings. The molecule has 20 heavy (non-hydrogen) atoms. The van der Waals surface area contributed by atoms with E-state index < -0.39 is 18.7 Å². The van der Waals surface area contributed by atoms with Crippen LogP contribution in [0.15, 0.2) is 6.33 Å². The van der Waals surface area contributed by atoms with Gasteiger partial charge in [-0.15, -0.1) is 11.3 Å². The van der Waals surface area contributed by atoms with Gasteiger partial charge in [0, 0.05) is 0 Å². The Kier molecular flexibility index (Phi) is 3.66. The summed E-state index contributed by atoms with van der Waals surface area (Å²) in [7, 11) is 1.18. The number of carbonyl (C=O) groups is 1. The highest BCUT2D eigenvalue weighted by Crippen LogP contribution is 2.36. The molecule has 0 fully saturated rings. The van der Waals surface area contributed by atoms with E-state index in [1.807, 2.05) is 0 Å². The lowest BCUT2D eigenvalue weighted by Crippen LogP contribution is -2.22. The maximum atomic E-state index is 12.2. The molecule has 0 spiro atoms. The van der Waals surface area contributed by atoms with Crippen molar-refractivity contribution in [3.63, 3.8) is 0 Å². The molecule has 0 radical (unpaired) electrons. The number of ether oxygens (including phenoxy) is 1. The van der Waals surface area contributed by atoms with E-state index in [0.717, 1.165) is 17.7 Å². The highest BCUT2D eigenvalue weighted by molar-refractivity contribution is 7.21. The van der Waals surface area contributed by atoms with Crippen molar-refractivity contribution < 1.29 is 22.7 Å². The van der Waals surface area contributed by atoms with Crippen molar-refractivity contribution >= 4 is 39.0 Å². The molecule has 10 heteroatoms. The molecule has 0 aromatic carbocycles. The number of anilines is 2. The Morgan fingerprint density at radius 1 is 1.50 bits per heavy atom. The summed E-state index contributed by atoms with van der Waals surface area (Å²) in [5, 5.41) is 2.32. The van der Waals surface area contributed by atoms with Gasteiger partial charge in [0.1, 0.15) is 28.4 Å². The van der Waals surface area contributed by atoms with Crippen molar-refractivity contribution in [3.05, 3.63) is 11.2 Å². The van der Waals surface area contributed by atoms with Crippen LogP contribution < -0.4 is 11.1 Å². The minimum atomic E-state index is -4.40. The molecular weight excluding hydrogens is 297 g/mol. The Labute approximate surface area is 114 Å². The Bertz CT molecular complexity index is 656. The summed E-state index contributed by atoms with van der Waals surface area (Å²) < 4.78 is 41.2. The minimum absolute atomic E-state index is 0.00197. The SMILES string of the molecule is COC(=O)c1sc2ncnc(NCC(F)(F)F)c2c1N. The van der Waals surface area contributed by atoms with Gasteiger partial charge >= 0.3 is 12.1 Å². The highest BCUT2D eigenvalue weighted by atomic mass is 32.1. The maximum absolute atomic E-state index is 12.2. The summed E-state index contributed by atoms with van der Waals surface area (Å²) in [6, 6.07) is 0. The number of nitrogens with zero attached hydrogens (tertiary/aromatic N) is 2. The van der Waals surface area contributed by atoms with E-state index in [2.05, 4.69) is 20.0 Å². The monoisotopic (exact) mass is 306 g/mol. The summed E-state index contributed by atoms with van der Waals surface area (Å²) in [4.78, 5) is 19.5. The van der Waals surface area contributed by atoms with E-state index in [1.165, 1.54) is 7.11 Å². The normalized spacial score (nSPS) is 11.6. The van der Waals surface area contributed by atoms with Crippen molar-refractivity contribution in [2.24, 2.45) is 0 Å². The Balaban J connectivity index is 2.46. The van der Waals surface area contributed by atoms with Crippen molar-refractivity contribution in [2.75, 3.05) is 24.7 Å². The number of halogens is 3. The second-order valence-electron chi connectivity index (χ2n) is 3.71.